The van der Waals surface area contributed by atoms with Crippen molar-refractivity contribution in [3.05, 3.63) is 35.9 Å². The lowest BCUT2D eigenvalue weighted by molar-refractivity contribution is -0.157. The van der Waals surface area contributed by atoms with Crippen LogP contribution in [0.5, 0.6) is 0 Å². The van der Waals surface area contributed by atoms with Gasteiger partial charge in [-0.2, -0.15) is 0 Å². The predicted molar refractivity (Wildman–Crippen MR) is 101 cm³/mol. The van der Waals surface area contributed by atoms with Gasteiger partial charge in [0.05, 0.1) is 0 Å². The molecule has 146 valence electrons. The van der Waals surface area contributed by atoms with Crippen LogP contribution < -0.4 is 5.32 Å². The van der Waals surface area contributed by atoms with Crippen molar-refractivity contribution in [2.45, 2.75) is 57.6 Å². The predicted octanol–water partition coefficient (Wildman–Crippen LogP) is 2.98. The van der Waals surface area contributed by atoms with Gasteiger partial charge in [-0.3, -0.25) is 4.79 Å². The number of benzene rings is 1. The number of hydrogen-bond donors (Lipinski definition) is 2. The number of carbonyl (C=O) groups is 2. The Hall–Kier alpha value is -1.88. The first kappa shape index (κ1) is 18.5. The Balaban J connectivity index is 1.29. The number of nitrogens with one attached hydrogen (secondary N) is 1. The van der Waals surface area contributed by atoms with E-state index in [4.69, 9.17) is 4.74 Å². The average molecular weight is 371 g/mol. The highest BCUT2D eigenvalue weighted by Gasteiger charge is 2.53. The Morgan fingerprint density at radius 1 is 1.11 bits per heavy atom. The molecule has 2 atom stereocenters. The topological polar surface area (TPSA) is 75.6 Å². The van der Waals surface area contributed by atoms with Crippen molar-refractivity contribution in [1.82, 2.24) is 5.32 Å². The Morgan fingerprint density at radius 2 is 1.67 bits per heavy atom. The zero-order valence-corrected chi connectivity index (χ0v) is 15.9. The molecule has 4 fully saturated rings. The lowest BCUT2D eigenvalue weighted by atomic mass is 9.48. The molecule has 4 aliphatic carbocycles. The van der Waals surface area contributed by atoms with Crippen LogP contribution in [0.15, 0.2) is 30.3 Å². The van der Waals surface area contributed by atoms with Crippen LogP contribution in [0.3, 0.4) is 0 Å². The van der Waals surface area contributed by atoms with E-state index in [1.165, 1.54) is 38.5 Å². The normalized spacial score (nSPS) is 33.3. The van der Waals surface area contributed by atoms with Crippen molar-refractivity contribution in [3.8, 4) is 0 Å². The van der Waals surface area contributed by atoms with Gasteiger partial charge in [0, 0.05) is 6.04 Å². The van der Waals surface area contributed by atoms with Crippen molar-refractivity contribution in [1.29, 1.82) is 0 Å². The fourth-order valence-corrected chi connectivity index (χ4v) is 6.13. The summed E-state index contributed by atoms with van der Waals surface area (Å²) in [7, 11) is 0. The second-order valence-electron chi connectivity index (χ2n) is 8.99. The van der Waals surface area contributed by atoms with Gasteiger partial charge in [-0.25, -0.2) is 4.79 Å². The molecule has 5 heteroatoms. The second-order valence-corrected chi connectivity index (χ2v) is 8.99. The summed E-state index contributed by atoms with van der Waals surface area (Å²) >= 11 is 0. The Labute approximate surface area is 160 Å². The summed E-state index contributed by atoms with van der Waals surface area (Å²) in [6.45, 7) is 1.76. The van der Waals surface area contributed by atoms with E-state index in [9.17, 15) is 14.7 Å². The van der Waals surface area contributed by atoms with Crippen LogP contribution in [0.1, 0.15) is 57.1 Å². The van der Waals surface area contributed by atoms with Crippen LogP contribution in [-0.2, 0) is 14.3 Å². The van der Waals surface area contributed by atoms with E-state index in [1.54, 1.807) is 30.3 Å². The molecule has 1 aromatic carbocycles. The van der Waals surface area contributed by atoms with Crippen LogP contribution in [0.4, 0.5) is 0 Å². The molecule has 5 nitrogen and oxygen atoms in total. The van der Waals surface area contributed by atoms with E-state index in [0.717, 1.165) is 17.8 Å². The number of amides is 1. The first-order valence-electron chi connectivity index (χ1n) is 10.1. The fourth-order valence-electron chi connectivity index (χ4n) is 6.13. The number of carbonyl (C=O) groups excluding carboxylic acids is 2. The van der Waals surface area contributed by atoms with Gasteiger partial charge >= 0.3 is 5.97 Å². The summed E-state index contributed by atoms with van der Waals surface area (Å²) in [6, 6.07) is 8.69. The van der Waals surface area contributed by atoms with Gasteiger partial charge in [0.2, 0.25) is 0 Å². The quantitative estimate of drug-likeness (QED) is 0.754. The molecule has 0 radical (unpaired) electrons. The monoisotopic (exact) mass is 371 g/mol. The molecular formula is C22H29NO4. The van der Waals surface area contributed by atoms with Gasteiger partial charge in [-0.15, -0.1) is 0 Å². The third-order valence-corrected chi connectivity index (χ3v) is 7.07. The van der Waals surface area contributed by atoms with E-state index in [0.29, 0.717) is 5.56 Å². The highest BCUT2D eigenvalue weighted by Crippen LogP contribution is 2.61. The molecule has 0 aromatic heterocycles. The van der Waals surface area contributed by atoms with Gasteiger partial charge in [0.15, 0.2) is 12.7 Å². The Morgan fingerprint density at radius 3 is 2.22 bits per heavy atom. The summed E-state index contributed by atoms with van der Waals surface area (Å²) in [5.41, 5.74) is 0.683. The van der Waals surface area contributed by atoms with E-state index >= 15 is 0 Å². The van der Waals surface area contributed by atoms with Crippen LogP contribution in [0.2, 0.25) is 0 Å². The molecular weight excluding hydrogens is 342 g/mol. The first-order valence-corrected chi connectivity index (χ1v) is 10.1. The number of aliphatic hydroxyl groups excluding tert-OH is 1. The summed E-state index contributed by atoms with van der Waals surface area (Å²) < 4.78 is 5.04. The molecule has 27 heavy (non-hydrogen) atoms. The van der Waals surface area contributed by atoms with E-state index in [1.807, 2.05) is 0 Å². The minimum atomic E-state index is -1.36. The third-order valence-electron chi connectivity index (χ3n) is 7.07. The number of aliphatic hydroxyl groups is 1. The van der Waals surface area contributed by atoms with Crippen molar-refractivity contribution < 1.29 is 19.4 Å². The summed E-state index contributed by atoms with van der Waals surface area (Å²) in [5.74, 6) is 1.41. The van der Waals surface area contributed by atoms with E-state index < -0.39 is 12.1 Å². The molecule has 5 rings (SSSR count). The molecule has 1 amide bonds. The summed E-state index contributed by atoms with van der Waals surface area (Å²) in [6.07, 6.45) is 6.39. The molecule has 4 aliphatic rings. The van der Waals surface area contributed by atoms with E-state index in [-0.39, 0.29) is 24.0 Å². The molecule has 2 N–H and O–H groups in total. The van der Waals surface area contributed by atoms with Crippen LogP contribution >= 0.6 is 0 Å². The summed E-state index contributed by atoms with van der Waals surface area (Å²) in [5, 5.41) is 13.1. The maximum absolute atomic E-state index is 12.3. The lowest BCUT2D eigenvalue weighted by Crippen LogP contribution is -2.56. The number of hydrogen-bond acceptors (Lipinski definition) is 4. The lowest BCUT2D eigenvalue weighted by Gasteiger charge is -2.59. The van der Waals surface area contributed by atoms with Gasteiger partial charge in [-0.1, -0.05) is 30.3 Å². The van der Waals surface area contributed by atoms with Gasteiger partial charge in [0.1, 0.15) is 0 Å². The van der Waals surface area contributed by atoms with Crippen molar-refractivity contribution in [2.24, 2.45) is 23.2 Å². The highest BCUT2D eigenvalue weighted by atomic mass is 16.5. The second kappa shape index (κ2) is 7.27. The largest absolute Gasteiger partial charge is 0.453 e. The van der Waals surface area contributed by atoms with E-state index in [2.05, 4.69) is 12.2 Å². The van der Waals surface area contributed by atoms with Gasteiger partial charge in [0.25, 0.3) is 5.91 Å². The highest BCUT2D eigenvalue weighted by molar-refractivity contribution is 5.82. The molecule has 0 unspecified atom stereocenters. The Kier molecular flexibility index (Phi) is 4.97. The fraction of sp³-hybridized carbons (Fsp3) is 0.636. The maximum atomic E-state index is 12.3. The molecule has 0 saturated heterocycles. The van der Waals surface area contributed by atoms with Crippen LogP contribution in [-0.4, -0.2) is 29.6 Å². The zero-order chi connectivity index (χ0) is 19.0. The minimum absolute atomic E-state index is 0.0937. The molecule has 0 heterocycles. The molecule has 4 saturated carbocycles. The van der Waals surface area contributed by atoms with Gasteiger partial charge < -0.3 is 15.2 Å². The minimum Gasteiger partial charge on any atom is -0.453 e. The smallest absolute Gasteiger partial charge is 0.340 e. The van der Waals surface area contributed by atoms with Crippen LogP contribution in [0, 0.1) is 23.2 Å². The number of rotatable bonds is 6. The average Bonchev–Trinajstić information content (AvgIpc) is 2.65. The third kappa shape index (κ3) is 3.75. The first-order chi connectivity index (χ1) is 12.9. The van der Waals surface area contributed by atoms with Gasteiger partial charge in [-0.05, 0) is 74.2 Å². The van der Waals surface area contributed by atoms with Crippen molar-refractivity contribution in [3.63, 3.8) is 0 Å². The number of esters is 1. The molecule has 4 bridgehead atoms. The van der Waals surface area contributed by atoms with Crippen LogP contribution in [0.25, 0.3) is 0 Å². The zero-order valence-electron chi connectivity index (χ0n) is 15.9. The molecule has 0 aliphatic heterocycles. The van der Waals surface area contributed by atoms with Crippen molar-refractivity contribution >= 4 is 11.9 Å². The standard InChI is InChI=1S/C22H29NO4/c1-14(22-10-15-7-16(11-22)9-17(8-15)12-22)23-19(24)13-27-21(26)20(25)18-5-3-2-4-6-18/h2-6,14-17,20,25H,7-13H2,1H3,(H,23,24)/t14-,15?,16?,17?,20-,22?/m0/s1. The Bertz CT molecular complexity index is 666. The molecule has 0 spiro atoms. The number of ether oxygens (including phenoxy) is 1. The SMILES string of the molecule is C[C@H](NC(=O)COC(=O)[C@@H](O)c1ccccc1)C12CC3CC(CC(C3)C1)C2. The maximum Gasteiger partial charge on any atom is 0.340 e. The van der Waals surface area contributed by atoms with Crippen molar-refractivity contribution in [2.75, 3.05) is 6.61 Å². The summed E-state index contributed by atoms with van der Waals surface area (Å²) in [4.78, 5) is 24.3. The molecule has 1 aromatic rings.